The molecule has 130 valence electrons. The summed E-state index contributed by atoms with van der Waals surface area (Å²) in [5.74, 6) is 2.11. The number of nitrogens with zero attached hydrogens (tertiary/aromatic N) is 2. The molecule has 0 atom stereocenters. The molecule has 0 saturated carbocycles. The number of rotatable bonds is 7. The molecule has 24 heavy (non-hydrogen) atoms. The minimum atomic E-state index is 0.469. The molecular formula is C18H26N4OS. The molecule has 0 aliphatic rings. The van der Waals surface area contributed by atoms with Crippen LogP contribution in [0.1, 0.15) is 43.0 Å². The molecule has 0 aliphatic carbocycles. The van der Waals surface area contributed by atoms with Crippen LogP contribution in [0.3, 0.4) is 0 Å². The number of guanidine groups is 1. The topological polar surface area (TPSA) is 58.5 Å². The van der Waals surface area contributed by atoms with Gasteiger partial charge in [0, 0.05) is 23.4 Å². The number of thiazole rings is 1. The van der Waals surface area contributed by atoms with E-state index in [-0.39, 0.29) is 0 Å². The summed E-state index contributed by atoms with van der Waals surface area (Å²) in [4.78, 5) is 9.28. The number of benzene rings is 1. The summed E-state index contributed by atoms with van der Waals surface area (Å²) in [6.45, 7) is 8.42. The molecule has 0 saturated heterocycles. The predicted octanol–water partition coefficient (Wildman–Crippen LogP) is 3.53. The van der Waals surface area contributed by atoms with Gasteiger partial charge in [-0.1, -0.05) is 32.0 Å². The molecule has 0 bridgehead atoms. The van der Waals surface area contributed by atoms with Crippen molar-refractivity contribution < 1.29 is 4.74 Å². The van der Waals surface area contributed by atoms with Gasteiger partial charge in [0.25, 0.3) is 0 Å². The van der Waals surface area contributed by atoms with Gasteiger partial charge in [-0.15, -0.1) is 11.3 Å². The fourth-order valence-electron chi connectivity index (χ4n) is 2.18. The number of hydrogen-bond donors (Lipinski definition) is 2. The van der Waals surface area contributed by atoms with Crippen LogP contribution in [0.4, 0.5) is 0 Å². The fourth-order valence-corrected chi connectivity index (χ4v) is 3.02. The third kappa shape index (κ3) is 5.23. The maximum atomic E-state index is 5.37. The molecule has 0 aliphatic heterocycles. The van der Waals surface area contributed by atoms with Crippen molar-refractivity contribution in [3.05, 3.63) is 45.9 Å². The number of aromatic nitrogens is 1. The molecule has 0 unspecified atom stereocenters. The SMILES string of the molecule is CCNC(=NCc1ccccc1OC)NCc1csc(C(C)C)n1. The van der Waals surface area contributed by atoms with Gasteiger partial charge in [-0.3, -0.25) is 0 Å². The molecule has 2 rings (SSSR count). The van der Waals surface area contributed by atoms with Crippen molar-refractivity contribution in [1.29, 1.82) is 0 Å². The summed E-state index contributed by atoms with van der Waals surface area (Å²) in [7, 11) is 1.68. The van der Waals surface area contributed by atoms with Gasteiger partial charge in [0.1, 0.15) is 5.75 Å². The summed E-state index contributed by atoms with van der Waals surface area (Å²) in [6, 6.07) is 7.94. The van der Waals surface area contributed by atoms with Crippen molar-refractivity contribution in [3.8, 4) is 5.75 Å². The third-order valence-electron chi connectivity index (χ3n) is 3.44. The second-order valence-electron chi connectivity index (χ2n) is 5.69. The van der Waals surface area contributed by atoms with Crippen LogP contribution < -0.4 is 15.4 Å². The minimum Gasteiger partial charge on any atom is -0.496 e. The fraction of sp³-hybridized carbons (Fsp3) is 0.444. The van der Waals surface area contributed by atoms with Crippen molar-refractivity contribution in [2.45, 2.75) is 39.8 Å². The van der Waals surface area contributed by atoms with Gasteiger partial charge in [-0.2, -0.15) is 0 Å². The van der Waals surface area contributed by atoms with Crippen LogP contribution >= 0.6 is 11.3 Å². The summed E-state index contributed by atoms with van der Waals surface area (Å²) in [5.41, 5.74) is 2.11. The molecule has 6 heteroatoms. The number of ether oxygens (including phenoxy) is 1. The van der Waals surface area contributed by atoms with E-state index in [1.54, 1.807) is 18.4 Å². The van der Waals surface area contributed by atoms with E-state index in [0.29, 0.717) is 19.0 Å². The van der Waals surface area contributed by atoms with E-state index in [2.05, 4.69) is 46.8 Å². The number of nitrogens with one attached hydrogen (secondary N) is 2. The van der Waals surface area contributed by atoms with Crippen molar-refractivity contribution in [1.82, 2.24) is 15.6 Å². The lowest BCUT2D eigenvalue weighted by atomic mass is 10.2. The Morgan fingerprint density at radius 3 is 2.75 bits per heavy atom. The molecule has 2 N–H and O–H groups in total. The first-order valence-corrected chi connectivity index (χ1v) is 9.10. The van der Waals surface area contributed by atoms with E-state index < -0.39 is 0 Å². The van der Waals surface area contributed by atoms with Crippen molar-refractivity contribution in [2.75, 3.05) is 13.7 Å². The molecule has 1 heterocycles. The first-order valence-electron chi connectivity index (χ1n) is 8.22. The lowest BCUT2D eigenvalue weighted by Crippen LogP contribution is -2.36. The number of para-hydroxylation sites is 1. The second-order valence-corrected chi connectivity index (χ2v) is 6.58. The average Bonchev–Trinajstić information content (AvgIpc) is 3.07. The summed E-state index contributed by atoms with van der Waals surface area (Å²) in [6.07, 6.45) is 0. The number of methoxy groups -OCH3 is 1. The Kier molecular flexibility index (Phi) is 7.06. The Morgan fingerprint density at radius 2 is 2.08 bits per heavy atom. The number of aliphatic imine (C=N–C) groups is 1. The minimum absolute atomic E-state index is 0.469. The maximum absolute atomic E-state index is 5.37. The number of hydrogen-bond acceptors (Lipinski definition) is 4. The first-order chi connectivity index (χ1) is 11.6. The quantitative estimate of drug-likeness (QED) is 0.595. The van der Waals surface area contributed by atoms with E-state index in [1.807, 2.05) is 24.3 Å². The highest BCUT2D eigenvalue weighted by Gasteiger charge is 2.07. The van der Waals surface area contributed by atoms with Crippen LogP contribution in [0.5, 0.6) is 5.75 Å². The highest BCUT2D eigenvalue weighted by atomic mass is 32.1. The standard InChI is InChI=1S/C18H26N4OS/c1-5-19-18(20-10-14-8-6-7-9-16(14)23-4)21-11-15-12-24-17(22-15)13(2)3/h6-9,12-13H,5,10-11H2,1-4H3,(H2,19,20,21). The molecule has 5 nitrogen and oxygen atoms in total. The molecule has 2 aromatic rings. The first kappa shape index (κ1) is 18.3. The average molecular weight is 347 g/mol. The van der Waals surface area contributed by atoms with Crippen LogP contribution in [-0.4, -0.2) is 24.6 Å². The van der Waals surface area contributed by atoms with Crippen LogP contribution in [0.2, 0.25) is 0 Å². The van der Waals surface area contributed by atoms with Gasteiger partial charge >= 0.3 is 0 Å². The van der Waals surface area contributed by atoms with E-state index in [1.165, 1.54) is 5.01 Å². The molecule has 1 aromatic heterocycles. The Bertz CT molecular complexity index is 667. The smallest absolute Gasteiger partial charge is 0.191 e. The van der Waals surface area contributed by atoms with Crippen LogP contribution in [0, 0.1) is 0 Å². The maximum Gasteiger partial charge on any atom is 0.191 e. The highest BCUT2D eigenvalue weighted by Crippen LogP contribution is 2.19. The van der Waals surface area contributed by atoms with Gasteiger partial charge < -0.3 is 15.4 Å². The van der Waals surface area contributed by atoms with Crippen LogP contribution in [0.25, 0.3) is 0 Å². The normalized spacial score (nSPS) is 11.6. The Balaban J connectivity index is 1.99. The third-order valence-corrected chi connectivity index (χ3v) is 4.64. The van der Waals surface area contributed by atoms with Crippen molar-refractivity contribution in [2.24, 2.45) is 4.99 Å². The van der Waals surface area contributed by atoms with Crippen LogP contribution in [0.15, 0.2) is 34.6 Å². The van der Waals surface area contributed by atoms with E-state index >= 15 is 0 Å². The zero-order valence-electron chi connectivity index (χ0n) is 14.8. The second kappa shape index (κ2) is 9.27. The zero-order valence-corrected chi connectivity index (χ0v) is 15.6. The van der Waals surface area contributed by atoms with E-state index in [0.717, 1.165) is 29.5 Å². The van der Waals surface area contributed by atoms with Gasteiger partial charge in [0.05, 0.1) is 30.9 Å². The predicted molar refractivity (Wildman–Crippen MR) is 101 cm³/mol. The Labute approximate surface area is 148 Å². The molecule has 0 fully saturated rings. The van der Waals surface area contributed by atoms with Gasteiger partial charge in [0.15, 0.2) is 5.96 Å². The molecule has 0 radical (unpaired) electrons. The summed E-state index contributed by atoms with van der Waals surface area (Å²) >= 11 is 1.71. The Hall–Kier alpha value is -2.08. The van der Waals surface area contributed by atoms with E-state index in [4.69, 9.17) is 4.74 Å². The molecule has 0 amide bonds. The van der Waals surface area contributed by atoms with Gasteiger partial charge in [-0.05, 0) is 13.0 Å². The largest absolute Gasteiger partial charge is 0.496 e. The van der Waals surface area contributed by atoms with Gasteiger partial charge in [0.2, 0.25) is 0 Å². The van der Waals surface area contributed by atoms with Crippen LogP contribution in [-0.2, 0) is 13.1 Å². The lowest BCUT2D eigenvalue weighted by molar-refractivity contribution is 0.410. The molecule has 1 aromatic carbocycles. The molecule has 0 spiro atoms. The lowest BCUT2D eigenvalue weighted by Gasteiger charge is -2.11. The van der Waals surface area contributed by atoms with E-state index in [9.17, 15) is 0 Å². The van der Waals surface area contributed by atoms with Crippen molar-refractivity contribution in [3.63, 3.8) is 0 Å². The summed E-state index contributed by atoms with van der Waals surface area (Å²) in [5, 5.41) is 9.88. The Morgan fingerprint density at radius 1 is 1.29 bits per heavy atom. The zero-order chi connectivity index (χ0) is 17.4. The summed E-state index contributed by atoms with van der Waals surface area (Å²) < 4.78 is 5.37. The highest BCUT2D eigenvalue weighted by molar-refractivity contribution is 7.09. The monoisotopic (exact) mass is 346 g/mol. The van der Waals surface area contributed by atoms with Crippen molar-refractivity contribution >= 4 is 17.3 Å². The molecular weight excluding hydrogens is 320 g/mol. The van der Waals surface area contributed by atoms with Gasteiger partial charge in [-0.25, -0.2) is 9.98 Å².